The van der Waals surface area contributed by atoms with Gasteiger partial charge in [0, 0.05) is 0 Å². The Hall–Kier alpha value is -2.08. The lowest BCUT2D eigenvalue weighted by Crippen LogP contribution is -1.65. The van der Waals surface area contributed by atoms with Crippen molar-refractivity contribution >= 4 is 12.2 Å². The van der Waals surface area contributed by atoms with Crippen LogP contribution in [0.15, 0.2) is 72.8 Å². The summed E-state index contributed by atoms with van der Waals surface area (Å²) in [5.41, 5.74) is 2.53. The van der Waals surface area contributed by atoms with Crippen LogP contribution in [0.1, 0.15) is 25.0 Å². The maximum atomic E-state index is 2.08. The zero-order valence-electron chi connectivity index (χ0n) is 11.1. The molecule has 2 aromatic rings. The lowest BCUT2D eigenvalue weighted by molar-refractivity contribution is 1.64. The van der Waals surface area contributed by atoms with Gasteiger partial charge >= 0.3 is 0 Å². The molecular formula is C18H20. The molecule has 2 rings (SSSR count). The van der Waals surface area contributed by atoms with Crippen molar-refractivity contribution in [1.29, 1.82) is 0 Å². The predicted molar refractivity (Wildman–Crippen MR) is 82.3 cm³/mol. The summed E-state index contributed by atoms with van der Waals surface area (Å²) >= 11 is 0. The lowest BCUT2D eigenvalue weighted by Gasteiger charge is -1.86. The maximum Gasteiger partial charge on any atom is -0.0260 e. The zero-order valence-corrected chi connectivity index (χ0v) is 11.1. The molecule has 0 radical (unpaired) electrons. The van der Waals surface area contributed by atoms with Gasteiger partial charge in [0.05, 0.1) is 0 Å². The van der Waals surface area contributed by atoms with E-state index >= 15 is 0 Å². The van der Waals surface area contributed by atoms with Crippen LogP contribution < -0.4 is 0 Å². The topological polar surface area (TPSA) is 0 Å². The molecular weight excluding hydrogens is 216 g/mol. The maximum absolute atomic E-state index is 2.08. The van der Waals surface area contributed by atoms with Gasteiger partial charge in [-0.15, -0.1) is 0 Å². The molecule has 0 heterocycles. The van der Waals surface area contributed by atoms with Crippen molar-refractivity contribution < 1.29 is 0 Å². The summed E-state index contributed by atoms with van der Waals surface area (Å²) < 4.78 is 0. The van der Waals surface area contributed by atoms with Crippen LogP contribution in [0.5, 0.6) is 0 Å². The van der Waals surface area contributed by atoms with E-state index in [9.17, 15) is 0 Å². The van der Waals surface area contributed by atoms with Crippen molar-refractivity contribution in [2.24, 2.45) is 0 Å². The van der Waals surface area contributed by atoms with Crippen LogP contribution in [0.4, 0.5) is 0 Å². The van der Waals surface area contributed by atoms with E-state index in [-0.39, 0.29) is 0 Å². The van der Waals surface area contributed by atoms with Crippen LogP contribution >= 0.6 is 0 Å². The number of hydrogen-bond donors (Lipinski definition) is 0. The van der Waals surface area contributed by atoms with Gasteiger partial charge < -0.3 is 0 Å². The Morgan fingerprint density at radius 1 is 0.556 bits per heavy atom. The van der Waals surface area contributed by atoms with E-state index in [0.29, 0.717) is 0 Å². The zero-order chi connectivity index (χ0) is 13.1. The second-order valence-electron chi connectivity index (χ2n) is 3.82. The largest absolute Gasteiger partial charge is 0.0871 e. The fourth-order valence-corrected chi connectivity index (χ4v) is 1.51. The highest BCUT2D eigenvalue weighted by atomic mass is 13.8. The molecule has 0 unspecified atom stereocenters. The van der Waals surface area contributed by atoms with E-state index < -0.39 is 0 Å². The molecule has 0 saturated heterocycles. The van der Waals surface area contributed by atoms with Crippen LogP contribution in [-0.2, 0) is 0 Å². The van der Waals surface area contributed by atoms with E-state index in [2.05, 4.69) is 36.4 Å². The molecule has 0 aromatic heterocycles. The number of benzene rings is 2. The van der Waals surface area contributed by atoms with Crippen molar-refractivity contribution in [3.8, 4) is 0 Å². The molecule has 0 spiro atoms. The van der Waals surface area contributed by atoms with Gasteiger partial charge in [0.2, 0.25) is 0 Å². The summed E-state index contributed by atoms with van der Waals surface area (Å²) in [6, 6.07) is 20.5. The van der Waals surface area contributed by atoms with Crippen LogP contribution in [0.25, 0.3) is 12.2 Å². The summed E-state index contributed by atoms with van der Waals surface area (Å²) in [5.74, 6) is 0. The molecule has 2 aromatic carbocycles. The van der Waals surface area contributed by atoms with E-state index in [1.807, 2.05) is 62.4 Å². The first-order chi connectivity index (χ1) is 8.86. The van der Waals surface area contributed by atoms with Crippen LogP contribution in [-0.4, -0.2) is 0 Å². The van der Waals surface area contributed by atoms with Gasteiger partial charge in [0.25, 0.3) is 0 Å². The summed E-state index contributed by atoms with van der Waals surface area (Å²) in [7, 11) is 0. The Bertz CT molecular complexity index is 416. The van der Waals surface area contributed by atoms with Crippen molar-refractivity contribution in [2.45, 2.75) is 13.8 Å². The third kappa shape index (κ3) is 5.86. The van der Waals surface area contributed by atoms with Gasteiger partial charge in [0.1, 0.15) is 0 Å². The summed E-state index contributed by atoms with van der Waals surface area (Å²) in [6.07, 6.45) is 8.24. The average Bonchev–Trinajstić information content (AvgIpc) is 2.43. The number of rotatable bonds is 2. The molecule has 0 bridgehead atoms. The minimum absolute atomic E-state index is 1.26. The Labute approximate surface area is 110 Å². The van der Waals surface area contributed by atoms with Crippen molar-refractivity contribution in [3.05, 3.63) is 83.9 Å². The van der Waals surface area contributed by atoms with E-state index in [0.717, 1.165) is 0 Å². The third-order valence-corrected chi connectivity index (χ3v) is 2.32. The Kier molecular flexibility index (Phi) is 6.99. The van der Waals surface area contributed by atoms with Crippen molar-refractivity contribution in [1.82, 2.24) is 0 Å². The van der Waals surface area contributed by atoms with Crippen molar-refractivity contribution in [3.63, 3.8) is 0 Å². The minimum atomic E-state index is 1.26. The highest BCUT2D eigenvalue weighted by Crippen LogP contribution is 2.00. The Morgan fingerprint density at radius 3 is 1.17 bits per heavy atom. The fraction of sp³-hybridized carbons (Fsp3) is 0.111. The Balaban J connectivity index is 0.000000180. The average molecular weight is 236 g/mol. The minimum Gasteiger partial charge on any atom is -0.0871 e. The molecule has 0 N–H and O–H groups in total. The van der Waals surface area contributed by atoms with Gasteiger partial charge in [-0.05, 0) is 25.0 Å². The SMILES string of the molecule is C/C=C\c1ccccc1.C/C=C\c1ccccc1. The van der Waals surface area contributed by atoms with Crippen LogP contribution in [0.2, 0.25) is 0 Å². The van der Waals surface area contributed by atoms with E-state index in [4.69, 9.17) is 0 Å². The molecule has 0 atom stereocenters. The smallest absolute Gasteiger partial charge is 0.0260 e. The molecule has 0 aliphatic heterocycles. The molecule has 0 aliphatic rings. The third-order valence-electron chi connectivity index (χ3n) is 2.32. The number of allylic oxidation sites excluding steroid dienone is 2. The molecule has 0 saturated carbocycles. The number of hydrogen-bond acceptors (Lipinski definition) is 0. The molecule has 0 heteroatoms. The fourth-order valence-electron chi connectivity index (χ4n) is 1.51. The molecule has 0 aliphatic carbocycles. The molecule has 0 amide bonds. The summed E-state index contributed by atoms with van der Waals surface area (Å²) in [6.45, 7) is 4.04. The first-order valence-corrected chi connectivity index (χ1v) is 6.22. The van der Waals surface area contributed by atoms with Gasteiger partial charge in [-0.3, -0.25) is 0 Å². The van der Waals surface area contributed by atoms with Crippen LogP contribution in [0, 0.1) is 0 Å². The molecule has 92 valence electrons. The monoisotopic (exact) mass is 236 g/mol. The first kappa shape index (κ1) is 14.0. The predicted octanol–water partition coefficient (Wildman–Crippen LogP) is 5.44. The second-order valence-corrected chi connectivity index (χ2v) is 3.82. The second kappa shape index (κ2) is 9.00. The van der Waals surface area contributed by atoms with E-state index in [1.165, 1.54) is 11.1 Å². The first-order valence-electron chi connectivity index (χ1n) is 6.22. The van der Waals surface area contributed by atoms with Gasteiger partial charge in [0.15, 0.2) is 0 Å². The molecule has 18 heavy (non-hydrogen) atoms. The van der Waals surface area contributed by atoms with Gasteiger partial charge in [-0.1, -0.05) is 85.0 Å². The van der Waals surface area contributed by atoms with Gasteiger partial charge in [-0.25, -0.2) is 0 Å². The normalized spacial score (nSPS) is 10.3. The summed E-state index contributed by atoms with van der Waals surface area (Å²) in [5, 5.41) is 0. The molecule has 0 nitrogen and oxygen atoms in total. The highest BCUT2D eigenvalue weighted by Gasteiger charge is 1.78. The lowest BCUT2D eigenvalue weighted by atomic mass is 10.2. The Morgan fingerprint density at radius 2 is 0.889 bits per heavy atom. The van der Waals surface area contributed by atoms with Crippen LogP contribution in [0.3, 0.4) is 0 Å². The van der Waals surface area contributed by atoms with E-state index in [1.54, 1.807) is 0 Å². The standard InChI is InChI=1S/2C9H10/c2*1-2-6-9-7-4-3-5-8-9/h2*2-8H,1H3/b2*6-2-. The summed E-state index contributed by atoms with van der Waals surface area (Å²) in [4.78, 5) is 0. The highest BCUT2D eigenvalue weighted by molar-refractivity contribution is 5.48. The van der Waals surface area contributed by atoms with Gasteiger partial charge in [-0.2, -0.15) is 0 Å². The molecule has 0 fully saturated rings. The van der Waals surface area contributed by atoms with Crippen molar-refractivity contribution in [2.75, 3.05) is 0 Å². The quantitative estimate of drug-likeness (QED) is 0.651.